The molecule has 0 aliphatic carbocycles. The van der Waals surface area contributed by atoms with Crippen molar-refractivity contribution < 1.29 is 9.53 Å². The number of aldehydes is 1. The molecule has 0 aliphatic rings. The van der Waals surface area contributed by atoms with Gasteiger partial charge in [-0.3, -0.25) is 4.79 Å². The van der Waals surface area contributed by atoms with Gasteiger partial charge in [0.2, 0.25) is 0 Å². The van der Waals surface area contributed by atoms with Crippen molar-refractivity contribution >= 4 is 6.29 Å². The fraction of sp³-hybridized carbons (Fsp3) is 0. The summed E-state index contributed by atoms with van der Waals surface area (Å²) in [4.78, 5) is 10.6. The van der Waals surface area contributed by atoms with E-state index in [-0.39, 0.29) is 0 Å². The second-order valence-electron chi connectivity index (χ2n) is 4.68. The summed E-state index contributed by atoms with van der Waals surface area (Å²) in [5.74, 6) is 1.49. The Labute approximate surface area is 123 Å². The van der Waals surface area contributed by atoms with Crippen LogP contribution in [0.2, 0.25) is 0 Å². The highest BCUT2D eigenvalue weighted by Crippen LogP contribution is 2.27. The normalized spacial score (nSPS) is 10.1. The third kappa shape index (κ3) is 3.18. The van der Waals surface area contributed by atoms with Crippen LogP contribution in [0.5, 0.6) is 11.5 Å². The smallest absolute Gasteiger partial charge is 0.150 e. The Bertz CT molecular complexity index is 731. The van der Waals surface area contributed by atoms with Crippen LogP contribution < -0.4 is 4.74 Å². The summed E-state index contributed by atoms with van der Waals surface area (Å²) in [6.07, 6.45) is 0.819. The van der Waals surface area contributed by atoms with Gasteiger partial charge in [0.05, 0.1) is 0 Å². The van der Waals surface area contributed by atoms with Crippen LogP contribution in [0.1, 0.15) is 10.4 Å². The first-order valence-corrected chi connectivity index (χ1v) is 6.74. The second kappa shape index (κ2) is 6.06. The molecule has 0 bridgehead atoms. The Balaban J connectivity index is 1.84. The predicted octanol–water partition coefficient (Wildman–Crippen LogP) is 4.96. The molecular formula is C19H14O2. The summed E-state index contributed by atoms with van der Waals surface area (Å²) in [5, 5.41) is 0. The zero-order chi connectivity index (χ0) is 14.5. The van der Waals surface area contributed by atoms with Crippen LogP contribution in [-0.4, -0.2) is 6.29 Å². The van der Waals surface area contributed by atoms with Crippen LogP contribution in [0.4, 0.5) is 0 Å². The molecule has 3 aromatic carbocycles. The Kier molecular flexibility index (Phi) is 3.79. The lowest BCUT2D eigenvalue weighted by molar-refractivity contribution is 0.112. The van der Waals surface area contributed by atoms with E-state index in [2.05, 4.69) is 18.2 Å². The van der Waals surface area contributed by atoms with Crippen molar-refractivity contribution in [1.29, 1.82) is 0 Å². The number of benzene rings is 3. The molecule has 0 aromatic heterocycles. The zero-order valence-electron chi connectivity index (χ0n) is 11.4. The van der Waals surface area contributed by atoms with Crippen LogP contribution >= 0.6 is 0 Å². The first-order valence-electron chi connectivity index (χ1n) is 6.74. The van der Waals surface area contributed by atoms with Gasteiger partial charge in [0.1, 0.15) is 17.8 Å². The van der Waals surface area contributed by atoms with Crippen molar-refractivity contribution in [3.63, 3.8) is 0 Å². The minimum atomic E-state index is 0.639. The van der Waals surface area contributed by atoms with E-state index in [0.717, 1.165) is 23.2 Å². The van der Waals surface area contributed by atoms with Crippen molar-refractivity contribution in [1.82, 2.24) is 0 Å². The van der Waals surface area contributed by atoms with Crippen LogP contribution in [0.25, 0.3) is 11.1 Å². The van der Waals surface area contributed by atoms with Gasteiger partial charge in [-0.05, 0) is 47.5 Å². The number of carbonyl (C=O) groups is 1. The molecule has 0 atom stereocenters. The number of rotatable bonds is 4. The number of hydrogen-bond acceptors (Lipinski definition) is 2. The van der Waals surface area contributed by atoms with E-state index < -0.39 is 0 Å². The molecule has 0 unspecified atom stereocenters. The van der Waals surface area contributed by atoms with E-state index >= 15 is 0 Å². The summed E-state index contributed by atoms with van der Waals surface area (Å²) in [5.41, 5.74) is 2.90. The van der Waals surface area contributed by atoms with Gasteiger partial charge in [-0.2, -0.15) is 0 Å². The van der Waals surface area contributed by atoms with Crippen molar-refractivity contribution in [3.8, 4) is 22.6 Å². The third-order valence-electron chi connectivity index (χ3n) is 3.19. The Morgan fingerprint density at radius 2 is 1.38 bits per heavy atom. The molecule has 0 radical (unpaired) electrons. The van der Waals surface area contributed by atoms with Crippen LogP contribution in [0, 0.1) is 0 Å². The van der Waals surface area contributed by atoms with Crippen LogP contribution in [-0.2, 0) is 0 Å². The molecule has 0 saturated carbocycles. The molecule has 21 heavy (non-hydrogen) atoms. The fourth-order valence-electron chi connectivity index (χ4n) is 2.12. The number of carbonyl (C=O) groups excluding carboxylic acids is 1. The fourth-order valence-corrected chi connectivity index (χ4v) is 2.12. The lowest BCUT2D eigenvalue weighted by atomic mass is 10.1. The van der Waals surface area contributed by atoms with Crippen LogP contribution in [0.3, 0.4) is 0 Å². The van der Waals surface area contributed by atoms with Crippen LogP contribution in [0.15, 0.2) is 78.9 Å². The number of hydrogen-bond donors (Lipinski definition) is 0. The molecule has 0 saturated heterocycles. The first-order chi connectivity index (χ1) is 10.3. The molecule has 0 aliphatic heterocycles. The van der Waals surface area contributed by atoms with Crippen molar-refractivity contribution in [2.24, 2.45) is 0 Å². The Hall–Kier alpha value is -2.87. The minimum Gasteiger partial charge on any atom is -0.457 e. The quantitative estimate of drug-likeness (QED) is 0.629. The topological polar surface area (TPSA) is 26.3 Å². The van der Waals surface area contributed by atoms with Crippen molar-refractivity contribution in [2.75, 3.05) is 0 Å². The molecule has 2 heteroatoms. The zero-order valence-corrected chi connectivity index (χ0v) is 11.4. The molecule has 102 valence electrons. The van der Waals surface area contributed by atoms with E-state index in [4.69, 9.17) is 4.74 Å². The molecule has 3 rings (SSSR count). The van der Waals surface area contributed by atoms with E-state index in [1.807, 2.05) is 36.4 Å². The van der Waals surface area contributed by atoms with Gasteiger partial charge in [0.15, 0.2) is 0 Å². The molecule has 2 nitrogen and oxygen atoms in total. The molecule has 0 fully saturated rings. The highest BCUT2D eigenvalue weighted by Gasteiger charge is 2.01. The average Bonchev–Trinajstić information content (AvgIpc) is 2.57. The summed E-state index contributed by atoms with van der Waals surface area (Å²) in [7, 11) is 0. The van der Waals surface area contributed by atoms with Gasteiger partial charge in [-0.25, -0.2) is 0 Å². The SMILES string of the molecule is O=Cc1ccc(Oc2cccc(-c3ccccc3)c2)cc1. The van der Waals surface area contributed by atoms with Gasteiger partial charge in [-0.15, -0.1) is 0 Å². The van der Waals surface area contributed by atoms with E-state index in [1.165, 1.54) is 0 Å². The molecule has 0 amide bonds. The lowest BCUT2D eigenvalue weighted by Crippen LogP contribution is -1.86. The molecule has 0 spiro atoms. The maximum Gasteiger partial charge on any atom is 0.150 e. The van der Waals surface area contributed by atoms with Gasteiger partial charge >= 0.3 is 0 Å². The second-order valence-corrected chi connectivity index (χ2v) is 4.68. The molecule has 0 N–H and O–H groups in total. The maximum absolute atomic E-state index is 10.6. The van der Waals surface area contributed by atoms with Crippen molar-refractivity contribution in [2.45, 2.75) is 0 Å². The van der Waals surface area contributed by atoms with Gasteiger partial charge in [-0.1, -0.05) is 42.5 Å². The molecular weight excluding hydrogens is 260 g/mol. The highest BCUT2D eigenvalue weighted by molar-refractivity contribution is 5.74. The monoisotopic (exact) mass is 274 g/mol. The van der Waals surface area contributed by atoms with E-state index in [9.17, 15) is 4.79 Å². The highest BCUT2D eigenvalue weighted by atomic mass is 16.5. The summed E-state index contributed by atoms with van der Waals surface area (Å²) >= 11 is 0. The van der Waals surface area contributed by atoms with Crippen molar-refractivity contribution in [3.05, 3.63) is 84.4 Å². The predicted molar refractivity (Wildman–Crippen MR) is 83.8 cm³/mol. The average molecular weight is 274 g/mol. The van der Waals surface area contributed by atoms with Gasteiger partial charge < -0.3 is 4.74 Å². The summed E-state index contributed by atoms with van der Waals surface area (Å²) < 4.78 is 5.82. The van der Waals surface area contributed by atoms with E-state index in [1.54, 1.807) is 24.3 Å². The standard InChI is InChI=1S/C19H14O2/c20-14-15-9-11-18(12-10-15)21-19-8-4-7-17(13-19)16-5-2-1-3-6-16/h1-14H. The largest absolute Gasteiger partial charge is 0.457 e. The molecule has 0 heterocycles. The Morgan fingerprint density at radius 3 is 2.10 bits per heavy atom. The summed E-state index contributed by atoms with van der Waals surface area (Å²) in [6, 6.07) is 25.2. The maximum atomic E-state index is 10.6. The van der Waals surface area contributed by atoms with Gasteiger partial charge in [0, 0.05) is 5.56 Å². The minimum absolute atomic E-state index is 0.639. The first kappa shape index (κ1) is 13.1. The molecule has 3 aromatic rings. The third-order valence-corrected chi connectivity index (χ3v) is 3.19. The summed E-state index contributed by atoms with van der Waals surface area (Å²) in [6.45, 7) is 0. The Morgan fingerprint density at radius 1 is 0.667 bits per heavy atom. The number of ether oxygens (including phenoxy) is 1. The van der Waals surface area contributed by atoms with E-state index in [0.29, 0.717) is 11.3 Å². The van der Waals surface area contributed by atoms with Gasteiger partial charge in [0.25, 0.3) is 0 Å². The lowest BCUT2D eigenvalue weighted by Gasteiger charge is -2.08.